The van der Waals surface area contributed by atoms with E-state index < -0.39 is 17.5 Å². The van der Waals surface area contributed by atoms with Gasteiger partial charge in [0, 0.05) is 6.42 Å². The van der Waals surface area contributed by atoms with Crippen LogP contribution >= 0.6 is 0 Å². The molecular weight excluding hydrogens is 422 g/mol. The molecule has 4 rings (SSSR count). The number of nitriles is 1. The number of hydrogen-bond donors (Lipinski definition) is 3. The molecule has 0 aromatic carbocycles. The summed E-state index contributed by atoms with van der Waals surface area (Å²) in [6.07, 6.45) is 1.52. The van der Waals surface area contributed by atoms with Crippen molar-refractivity contribution in [1.82, 2.24) is 14.6 Å². The molecule has 0 radical (unpaired) electrons. The molecule has 2 aliphatic heterocycles. The van der Waals surface area contributed by atoms with Gasteiger partial charge in [0.05, 0.1) is 18.9 Å². The van der Waals surface area contributed by atoms with Crippen molar-refractivity contribution in [1.29, 1.82) is 5.26 Å². The molecule has 0 amide bonds. The van der Waals surface area contributed by atoms with E-state index in [1.54, 1.807) is 10.6 Å². The number of nitrogens with two attached hydrogens (primary N) is 1. The third-order valence-corrected chi connectivity index (χ3v) is 4.80. The molecule has 12 heteroatoms. The van der Waals surface area contributed by atoms with Crippen molar-refractivity contribution in [3.63, 3.8) is 0 Å². The normalized spacial score (nSPS) is 25.1. The molecule has 0 aliphatic carbocycles. The number of nitrogen functional groups attached to an aromatic ring is 1. The van der Waals surface area contributed by atoms with Gasteiger partial charge in [-0.15, -0.1) is 0 Å². The standard InChI is InChI=1S/C17H19N5O5.C3H8O2/c18-8-17(9-25-16(23)26-11-4-6-24-7-11)5-3-14(27-17)12-1-2-13-15(19)20-10-21-22(12)13;1-3(2,4)5/h1-2,10-11,14H,3-7,9H2,(H2,19,20,21);4-5H,1-2H3/t11?,14?,17-;/m1./s1. The molecule has 4 heterocycles. The molecule has 174 valence electrons. The molecule has 0 bridgehead atoms. The van der Waals surface area contributed by atoms with E-state index in [-0.39, 0.29) is 18.8 Å². The topological polar surface area (TPSA) is 174 Å². The summed E-state index contributed by atoms with van der Waals surface area (Å²) < 4.78 is 23.0. The number of fused-ring (bicyclic) bond motifs is 1. The summed E-state index contributed by atoms with van der Waals surface area (Å²) in [5.74, 6) is -1.14. The minimum Gasteiger partial charge on any atom is -0.430 e. The van der Waals surface area contributed by atoms with Crippen LogP contribution in [0, 0.1) is 11.3 Å². The molecule has 3 atom stereocenters. The molecule has 2 saturated heterocycles. The Bertz CT molecular complexity index is 971. The number of carbonyl (C=O) groups excluding carboxylic acids is 1. The zero-order chi connectivity index (χ0) is 23.4. The van der Waals surface area contributed by atoms with Gasteiger partial charge in [-0.25, -0.2) is 14.3 Å². The lowest BCUT2D eigenvalue weighted by atomic mass is 10.0. The Hall–Kier alpha value is -2.98. The Balaban J connectivity index is 0.000000523. The maximum atomic E-state index is 11.8. The lowest BCUT2D eigenvalue weighted by molar-refractivity contribution is -0.127. The van der Waals surface area contributed by atoms with E-state index >= 15 is 0 Å². The Morgan fingerprint density at radius 1 is 1.44 bits per heavy atom. The van der Waals surface area contributed by atoms with Crippen LogP contribution in [-0.4, -0.2) is 68.3 Å². The molecule has 2 fully saturated rings. The second-order valence-corrected chi connectivity index (χ2v) is 8.09. The van der Waals surface area contributed by atoms with E-state index in [2.05, 4.69) is 16.2 Å². The third-order valence-electron chi connectivity index (χ3n) is 4.80. The highest BCUT2D eigenvalue weighted by atomic mass is 16.7. The molecule has 32 heavy (non-hydrogen) atoms. The quantitative estimate of drug-likeness (QED) is 0.450. The number of anilines is 1. The summed E-state index contributed by atoms with van der Waals surface area (Å²) in [5, 5.41) is 30.0. The van der Waals surface area contributed by atoms with Crippen LogP contribution in [-0.2, 0) is 18.9 Å². The number of rotatable bonds is 4. The summed E-state index contributed by atoms with van der Waals surface area (Å²) in [6, 6.07) is 5.78. The predicted molar refractivity (Wildman–Crippen MR) is 109 cm³/mol. The minimum atomic E-state index is -1.50. The third kappa shape index (κ3) is 6.04. The summed E-state index contributed by atoms with van der Waals surface area (Å²) in [7, 11) is 0. The average molecular weight is 449 g/mol. The van der Waals surface area contributed by atoms with E-state index in [0.717, 1.165) is 5.69 Å². The Morgan fingerprint density at radius 2 is 2.19 bits per heavy atom. The molecular formula is C20H27N5O7. The van der Waals surface area contributed by atoms with Crippen LogP contribution < -0.4 is 5.73 Å². The van der Waals surface area contributed by atoms with Crippen LogP contribution in [0.15, 0.2) is 18.5 Å². The van der Waals surface area contributed by atoms with Crippen LogP contribution in [0.4, 0.5) is 10.6 Å². The fourth-order valence-corrected chi connectivity index (χ4v) is 3.35. The molecule has 2 aliphatic rings. The fraction of sp³-hybridized carbons (Fsp3) is 0.600. The predicted octanol–water partition coefficient (Wildman–Crippen LogP) is 1.07. The van der Waals surface area contributed by atoms with E-state index in [1.165, 1.54) is 20.2 Å². The van der Waals surface area contributed by atoms with Gasteiger partial charge in [0.15, 0.2) is 17.2 Å². The van der Waals surface area contributed by atoms with Gasteiger partial charge in [-0.05, 0) is 38.8 Å². The summed E-state index contributed by atoms with van der Waals surface area (Å²) in [6.45, 7) is 3.32. The summed E-state index contributed by atoms with van der Waals surface area (Å²) >= 11 is 0. The molecule has 12 nitrogen and oxygen atoms in total. The van der Waals surface area contributed by atoms with E-state index in [1.807, 2.05) is 6.07 Å². The maximum absolute atomic E-state index is 11.8. The molecule has 0 saturated carbocycles. The molecule has 4 N–H and O–H groups in total. The lowest BCUT2D eigenvalue weighted by Gasteiger charge is -2.21. The van der Waals surface area contributed by atoms with Gasteiger partial charge in [0.25, 0.3) is 0 Å². The van der Waals surface area contributed by atoms with Gasteiger partial charge in [0.1, 0.15) is 36.7 Å². The summed E-state index contributed by atoms with van der Waals surface area (Å²) in [5.41, 5.74) is 6.06. The highest BCUT2D eigenvalue weighted by Crippen LogP contribution is 2.40. The largest absolute Gasteiger partial charge is 0.508 e. The first kappa shape index (κ1) is 23.7. The van der Waals surface area contributed by atoms with Crippen LogP contribution in [0.3, 0.4) is 0 Å². The number of nitrogens with zero attached hydrogens (tertiary/aromatic N) is 4. The Labute approximate surface area is 184 Å². The van der Waals surface area contributed by atoms with Gasteiger partial charge in [0.2, 0.25) is 0 Å². The van der Waals surface area contributed by atoms with E-state index in [9.17, 15) is 10.1 Å². The average Bonchev–Trinajstić information content (AvgIpc) is 3.45. The number of carbonyl (C=O) groups is 1. The molecule has 2 aromatic heterocycles. The molecule has 0 spiro atoms. The van der Waals surface area contributed by atoms with Crippen molar-refractivity contribution in [2.45, 2.75) is 56.7 Å². The second-order valence-electron chi connectivity index (χ2n) is 8.09. The first-order valence-corrected chi connectivity index (χ1v) is 10.1. The Kier molecular flexibility index (Phi) is 7.15. The second kappa shape index (κ2) is 9.66. The van der Waals surface area contributed by atoms with Crippen molar-refractivity contribution >= 4 is 17.5 Å². The van der Waals surface area contributed by atoms with Gasteiger partial charge in [-0.3, -0.25) is 0 Å². The van der Waals surface area contributed by atoms with Crippen LogP contribution in [0.5, 0.6) is 0 Å². The highest BCUT2D eigenvalue weighted by Gasteiger charge is 2.43. The van der Waals surface area contributed by atoms with E-state index in [0.29, 0.717) is 43.8 Å². The van der Waals surface area contributed by atoms with Crippen molar-refractivity contribution in [2.24, 2.45) is 0 Å². The first-order valence-electron chi connectivity index (χ1n) is 10.1. The van der Waals surface area contributed by atoms with Crippen molar-refractivity contribution in [3.8, 4) is 6.07 Å². The minimum absolute atomic E-state index is 0.202. The number of aromatic nitrogens is 3. The smallest absolute Gasteiger partial charge is 0.430 e. The first-order chi connectivity index (χ1) is 15.1. The van der Waals surface area contributed by atoms with Crippen LogP contribution in [0.25, 0.3) is 5.52 Å². The molecule has 2 unspecified atom stereocenters. The number of ether oxygens (including phenoxy) is 4. The van der Waals surface area contributed by atoms with Crippen LogP contribution in [0.1, 0.15) is 44.9 Å². The van der Waals surface area contributed by atoms with Crippen molar-refractivity contribution < 1.29 is 34.0 Å². The zero-order valence-corrected chi connectivity index (χ0v) is 17.9. The van der Waals surface area contributed by atoms with Gasteiger partial charge < -0.3 is 34.9 Å². The number of aliphatic hydroxyl groups is 2. The number of hydrogen-bond acceptors (Lipinski definition) is 11. The van der Waals surface area contributed by atoms with Crippen LogP contribution in [0.2, 0.25) is 0 Å². The van der Waals surface area contributed by atoms with E-state index in [4.69, 9.17) is 34.9 Å². The zero-order valence-electron chi connectivity index (χ0n) is 17.9. The lowest BCUT2D eigenvalue weighted by Crippen LogP contribution is -2.34. The highest BCUT2D eigenvalue weighted by molar-refractivity contribution is 5.65. The van der Waals surface area contributed by atoms with Crippen molar-refractivity contribution in [3.05, 3.63) is 24.2 Å². The fourth-order valence-electron chi connectivity index (χ4n) is 3.35. The maximum Gasteiger partial charge on any atom is 0.508 e. The van der Waals surface area contributed by atoms with Gasteiger partial charge in [-0.1, -0.05) is 0 Å². The summed E-state index contributed by atoms with van der Waals surface area (Å²) in [4.78, 5) is 15.8. The SMILES string of the molecule is CC(C)(O)O.N#C[C@@]1(COC(=O)OC2CCOC2)CCC(c2ccc3c(N)ncnn23)O1. The molecule has 2 aromatic rings. The van der Waals surface area contributed by atoms with Gasteiger partial charge >= 0.3 is 6.16 Å². The van der Waals surface area contributed by atoms with Crippen molar-refractivity contribution in [2.75, 3.05) is 25.6 Å². The Morgan fingerprint density at radius 3 is 2.84 bits per heavy atom. The monoisotopic (exact) mass is 449 g/mol. The van der Waals surface area contributed by atoms with Gasteiger partial charge in [-0.2, -0.15) is 10.4 Å².